The Morgan fingerprint density at radius 2 is 1.95 bits per heavy atom. The Balaban J connectivity index is 2.13. The molecule has 0 fully saturated rings. The van der Waals surface area contributed by atoms with Crippen molar-refractivity contribution in [2.24, 2.45) is 0 Å². The van der Waals surface area contributed by atoms with Crippen LogP contribution in [0.25, 0.3) is 0 Å². The van der Waals surface area contributed by atoms with Gasteiger partial charge in [0.05, 0.1) is 0 Å². The number of hydrogen-bond donors (Lipinski definition) is 2. The first-order chi connectivity index (χ1) is 9.09. The average molecular weight is 259 g/mol. The molecule has 0 aromatic heterocycles. The van der Waals surface area contributed by atoms with Crippen LogP contribution in [0.15, 0.2) is 42.5 Å². The third kappa shape index (κ3) is 2.91. The van der Waals surface area contributed by atoms with Gasteiger partial charge in [-0.1, -0.05) is 30.3 Å². The topological polar surface area (TPSA) is 49.3 Å². The molecule has 0 radical (unpaired) electrons. The lowest BCUT2D eigenvalue weighted by Crippen LogP contribution is -2.24. The summed E-state index contributed by atoms with van der Waals surface area (Å²) in [5, 5.41) is 12.1. The average Bonchev–Trinajstić information content (AvgIpc) is 2.37. The van der Waals surface area contributed by atoms with E-state index in [0.29, 0.717) is 6.54 Å². The van der Waals surface area contributed by atoms with Gasteiger partial charge in [0.25, 0.3) is 5.91 Å². The lowest BCUT2D eigenvalue weighted by Gasteiger charge is -2.09. The van der Waals surface area contributed by atoms with E-state index in [0.717, 1.165) is 17.2 Å². The smallest absolute Gasteiger partial charge is 0.258 e. The lowest BCUT2D eigenvalue weighted by atomic mass is 10.1. The number of carbonyl (C=O) groups excluding carboxylic acids is 1. The van der Waals surface area contributed by atoms with Crippen LogP contribution in [-0.2, 0) is 6.54 Å². The van der Waals surface area contributed by atoms with E-state index in [4.69, 9.17) is 0 Å². The number of amides is 1. The number of halogens is 1. The monoisotopic (exact) mass is 259 g/mol. The van der Waals surface area contributed by atoms with Gasteiger partial charge in [-0.3, -0.25) is 4.79 Å². The Morgan fingerprint density at radius 3 is 2.63 bits per heavy atom. The second kappa shape index (κ2) is 5.52. The highest BCUT2D eigenvalue weighted by molar-refractivity contribution is 5.97. The summed E-state index contributed by atoms with van der Waals surface area (Å²) in [6.07, 6.45) is 0. The molecule has 0 atom stereocenters. The Bertz CT molecular complexity index is 591. The lowest BCUT2D eigenvalue weighted by molar-refractivity contribution is 0.0944. The van der Waals surface area contributed by atoms with Crippen molar-refractivity contribution < 1.29 is 14.3 Å². The van der Waals surface area contributed by atoms with Crippen molar-refractivity contribution in [2.45, 2.75) is 13.5 Å². The third-order valence-electron chi connectivity index (χ3n) is 2.92. The number of nitrogens with one attached hydrogen (secondary N) is 1. The van der Waals surface area contributed by atoms with E-state index in [1.54, 1.807) is 0 Å². The summed E-state index contributed by atoms with van der Waals surface area (Å²) in [7, 11) is 0. The number of rotatable bonds is 3. The fourth-order valence-corrected chi connectivity index (χ4v) is 1.81. The molecule has 0 bridgehead atoms. The van der Waals surface area contributed by atoms with Crippen molar-refractivity contribution in [3.8, 4) is 5.75 Å². The van der Waals surface area contributed by atoms with Gasteiger partial charge in [-0.05, 0) is 30.2 Å². The molecule has 2 aromatic rings. The van der Waals surface area contributed by atoms with Crippen LogP contribution in [0.1, 0.15) is 21.5 Å². The Labute approximate surface area is 110 Å². The fourth-order valence-electron chi connectivity index (χ4n) is 1.81. The first kappa shape index (κ1) is 13.1. The predicted molar refractivity (Wildman–Crippen MR) is 70.4 cm³/mol. The second-order valence-corrected chi connectivity index (χ2v) is 4.24. The summed E-state index contributed by atoms with van der Waals surface area (Å²) in [5.74, 6) is -1.72. The molecule has 0 heterocycles. The number of benzene rings is 2. The predicted octanol–water partition coefficient (Wildman–Crippen LogP) is 2.77. The molecule has 2 aromatic carbocycles. The van der Waals surface area contributed by atoms with E-state index < -0.39 is 11.7 Å². The van der Waals surface area contributed by atoms with Crippen LogP contribution in [0.3, 0.4) is 0 Å². The number of aryl methyl sites for hydroxylation is 1. The number of phenolic OH excluding ortho intramolecular Hbond substituents is 1. The van der Waals surface area contributed by atoms with Gasteiger partial charge < -0.3 is 10.4 Å². The molecule has 4 heteroatoms. The van der Waals surface area contributed by atoms with Gasteiger partial charge in [0, 0.05) is 6.54 Å². The molecule has 2 rings (SSSR count). The molecule has 2 N–H and O–H groups in total. The molecular formula is C15H14FNO2. The molecule has 0 aliphatic rings. The second-order valence-electron chi connectivity index (χ2n) is 4.24. The maximum absolute atomic E-state index is 13.5. The number of hydrogen-bond acceptors (Lipinski definition) is 2. The molecule has 0 aliphatic carbocycles. The van der Waals surface area contributed by atoms with Crippen LogP contribution in [-0.4, -0.2) is 11.0 Å². The fraction of sp³-hybridized carbons (Fsp3) is 0.133. The molecule has 98 valence electrons. The van der Waals surface area contributed by atoms with Crippen molar-refractivity contribution in [2.75, 3.05) is 0 Å². The number of phenols is 1. The zero-order valence-electron chi connectivity index (χ0n) is 10.5. The van der Waals surface area contributed by atoms with Gasteiger partial charge in [-0.2, -0.15) is 0 Å². The van der Waals surface area contributed by atoms with Crippen molar-refractivity contribution in [1.29, 1.82) is 0 Å². The van der Waals surface area contributed by atoms with Gasteiger partial charge in [-0.25, -0.2) is 4.39 Å². The van der Waals surface area contributed by atoms with Crippen LogP contribution in [0, 0.1) is 12.7 Å². The summed E-state index contributed by atoms with van der Waals surface area (Å²) in [5.41, 5.74) is 1.67. The van der Waals surface area contributed by atoms with Gasteiger partial charge in [0.15, 0.2) is 0 Å². The zero-order chi connectivity index (χ0) is 13.8. The molecular weight excluding hydrogens is 245 g/mol. The summed E-state index contributed by atoms with van der Waals surface area (Å²) < 4.78 is 13.5. The Morgan fingerprint density at radius 1 is 1.21 bits per heavy atom. The van der Waals surface area contributed by atoms with E-state index in [1.165, 1.54) is 12.1 Å². The normalized spacial score (nSPS) is 10.2. The minimum absolute atomic E-state index is 0.291. The van der Waals surface area contributed by atoms with Gasteiger partial charge in [0.2, 0.25) is 0 Å². The molecule has 0 saturated heterocycles. The van der Waals surface area contributed by atoms with E-state index in [1.807, 2.05) is 31.2 Å². The highest BCUT2D eigenvalue weighted by Crippen LogP contribution is 2.19. The zero-order valence-corrected chi connectivity index (χ0v) is 10.5. The Kier molecular flexibility index (Phi) is 3.80. The van der Waals surface area contributed by atoms with Gasteiger partial charge in [-0.15, -0.1) is 0 Å². The van der Waals surface area contributed by atoms with Gasteiger partial charge >= 0.3 is 0 Å². The van der Waals surface area contributed by atoms with Crippen LogP contribution < -0.4 is 5.32 Å². The van der Waals surface area contributed by atoms with Crippen molar-refractivity contribution in [1.82, 2.24) is 5.32 Å². The first-order valence-corrected chi connectivity index (χ1v) is 5.90. The highest BCUT2D eigenvalue weighted by atomic mass is 19.1. The van der Waals surface area contributed by atoms with E-state index in [9.17, 15) is 14.3 Å². The van der Waals surface area contributed by atoms with Crippen LogP contribution in [0.4, 0.5) is 4.39 Å². The van der Waals surface area contributed by atoms with Crippen molar-refractivity contribution in [3.63, 3.8) is 0 Å². The molecule has 0 unspecified atom stereocenters. The minimum Gasteiger partial charge on any atom is -0.507 e. The maximum atomic E-state index is 13.5. The number of aromatic hydroxyl groups is 1. The standard InChI is InChI=1S/C15H14FNO2/c1-10-5-2-3-6-11(10)9-17-15(19)14-12(16)7-4-8-13(14)18/h2-8,18H,9H2,1H3,(H,17,19). The maximum Gasteiger partial charge on any atom is 0.258 e. The molecule has 0 spiro atoms. The van der Waals surface area contributed by atoms with Crippen LogP contribution >= 0.6 is 0 Å². The summed E-state index contributed by atoms with van der Waals surface area (Å²) in [6, 6.07) is 11.4. The van der Waals surface area contributed by atoms with E-state index >= 15 is 0 Å². The first-order valence-electron chi connectivity index (χ1n) is 5.90. The van der Waals surface area contributed by atoms with E-state index in [2.05, 4.69) is 5.32 Å². The SMILES string of the molecule is Cc1ccccc1CNC(=O)c1c(O)cccc1F. The van der Waals surface area contributed by atoms with Crippen molar-refractivity contribution >= 4 is 5.91 Å². The summed E-state index contributed by atoms with van der Waals surface area (Å²) in [4.78, 5) is 11.9. The molecule has 19 heavy (non-hydrogen) atoms. The largest absolute Gasteiger partial charge is 0.507 e. The molecule has 0 saturated carbocycles. The van der Waals surface area contributed by atoms with Crippen LogP contribution in [0.5, 0.6) is 5.75 Å². The summed E-state index contributed by atoms with van der Waals surface area (Å²) in [6.45, 7) is 2.22. The molecule has 0 aliphatic heterocycles. The van der Waals surface area contributed by atoms with Gasteiger partial charge in [0.1, 0.15) is 17.1 Å². The highest BCUT2D eigenvalue weighted by Gasteiger charge is 2.16. The van der Waals surface area contributed by atoms with Crippen LogP contribution in [0.2, 0.25) is 0 Å². The number of carbonyl (C=O) groups is 1. The third-order valence-corrected chi connectivity index (χ3v) is 2.92. The Hall–Kier alpha value is -2.36. The van der Waals surface area contributed by atoms with Crippen molar-refractivity contribution in [3.05, 3.63) is 65.0 Å². The molecule has 1 amide bonds. The quantitative estimate of drug-likeness (QED) is 0.890. The van der Waals surface area contributed by atoms with E-state index in [-0.39, 0.29) is 11.3 Å². The molecule has 3 nitrogen and oxygen atoms in total. The summed E-state index contributed by atoms with van der Waals surface area (Å²) >= 11 is 0. The minimum atomic E-state index is -0.734.